The molecule has 0 aliphatic rings. The van der Waals surface area contributed by atoms with Gasteiger partial charge in [-0.1, -0.05) is 18.2 Å². The molecule has 0 saturated carbocycles. The molecule has 3 aromatic rings. The molecule has 3 rings (SSSR count). The van der Waals surface area contributed by atoms with Gasteiger partial charge in [0.15, 0.2) is 0 Å². The van der Waals surface area contributed by atoms with Crippen LogP contribution in [0.1, 0.15) is 23.1 Å². The molecule has 0 aliphatic heterocycles. The van der Waals surface area contributed by atoms with Crippen molar-refractivity contribution in [1.82, 2.24) is 20.3 Å². The number of hydrogen-bond acceptors (Lipinski definition) is 4. The molecular formula is C16H16N4. The Labute approximate surface area is 117 Å². The number of para-hydroxylation sites is 1. The van der Waals surface area contributed by atoms with E-state index >= 15 is 0 Å². The SMILES string of the molecule is CNC(c1cnc2ccccc2c1)c1ccnc(C)n1. The van der Waals surface area contributed by atoms with Crippen molar-refractivity contribution in [3.05, 3.63) is 65.9 Å². The highest BCUT2D eigenvalue weighted by Gasteiger charge is 2.14. The van der Waals surface area contributed by atoms with Crippen LogP contribution in [0.4, 0.5) is 0 Å². The summed E-state index contributed by atoms with van der Waals surface area (Å²) < 4.78 is 0. The first-order chi connectivity index (χ1) is 9.78. The Morgan fingerprint density at radius 3 is 2.75 bits per heavy atom. The summed E-state index contributed by atoms with van der Waals surface area (Å²) in [6.07, 6.45) is 3.69. The summed E-state index contributed by atoms with van der Waals surface area (Å²) >= 11 is 0. The van der Waals surface area contributed by atoms with Crippen LogP contribution in [0.3, 0.4) is 0 Å². The van der Waals surface area contributed by atoms with Gasteiger partial charge in [0.1, 0.15) is 5.82 Å². The number of hydrogen-bond donors (Lipinski definition) is 1. The standard InChI is InChI=1S/C16H16N4/c1-11-18-8-7-15(20-11)16(17-2)13-9-12-5-3-4-6-14(12)19-10-13/h3-10,16-17H,1-2H3. The van der Waals surface area contributed by atoms with Crippen LogP contribution in [0.5, 0.6) is 0 Å². The summed E-state index contributed by atoms with van der Waals surface area (Å²) in [5.41, 5.74) is 3.06. The molecule has 0 spiro atoms. The second-order valence-electron chi connectivity index (χ2n) is 4.71. The van der Waals surface area contributed by atoms with Crippen LogP contribution in [0.2, 0.25) is 0 Å². The third-order valence-electron chi connectivity index (χ3n) is 3.33. The van der Waals surface area contributed by atoms with Crippen LogP contribution < -0.4 is 5.32 Å². The molecule has 2 heterocycles. The Kier molecular flexibility index (Phi) is 3.39. The first kappa shape index (κ1) is 12.7. The number of nitrogens with zero attached hydrogens (tertiary/aromatic N) is 3. The van der Waals surface area contributed by atoms with Crippen molar-refractivity contribution in [3.8, 4) is 0 Å². The number of aromatic nitrogens is 3. The maximum atomic E-state index is 4.51. The molecule has 4 heteroatoms. The van der Waals surface area contributed by atoms with Crippen LogP contribution in [0, 0.1) is 6.92 Å². The summed E-state index contributed by atoms with van der Waals surface area (Å²) in [7, 11) is 1.93. The van der Waals surface area contributed by atoms with E-state index in [9.17, 15) is 0 Å². The maximum absolute atomic E-state index is 4.51. The molecule has 1 unspecified atom stereocenters. The molecule has 0 saturated heterocycles. The third-order valence-corrected chi connectivity index (χ3v) is 3.33. The van der Waals surface area contributed by atoms with E-state index in [1.807, 2.05) is 44.4 Å². The van der Waals surface area contributed by atoms with E-state index in [0.717, 1.165) is 28.0 Å². The van der Waals surface area contributed by atoms with Gasteiger partial charge >= 0.3 is 0 Å². The van der Waals surface area contributed by atoms with Gasteiger partial charge < -0.3 is 5.32 Å². The number of rotatable bonds is 3. The minimum Gasteiger partial charge on any atom is -0.308 e. The second-order valence-corrected chi connectivity index (χ2v) is 4.71. The summed E-state index contributed by atoms with van der Waals surface area (Å²) in [4.78, 5) is 13.2. The molecule has 0 fully saturated rings. The number of pyridine rings is 1. The van der Waals surface area contributed by atoms with E-state index in [4.69, 9.17) is 0 Å². The first-order valence-corrected chi connectivity index (χ1v) is 6.59. The minimum absolute atomic E-state index is 0.0220. The molecule has 1 N–H and O–H groups in total. The Morgan fingerprint density at radius 2 is 1.95 bits per heavy atom. The number of nitrogens with one attached hydrogen (secondary N) is 1. The van der Waals surface area contributed by atoms with Gasteiger partial charge in [0.25, 0.3) is 0 Å². The monoisotopic (exact) mass is 264 g/mol. The Bertz CT molecular complexity index is 739. The lowest BCUT2D eigenvalue weighted by atomic mass is 10.0. The van der Waals surface area contributed by atoms with Crippen molar-refractivity contribution in [2.24, 2.45) is 0 Å². The van der Waals surface area contributed by atoms with Gasteiger partial charge in [0.05, 0.1) is 17.3 Å². The summed E-state index contributed by atoms with van der Waals surface area (Å²) in [5.74, 6) is 0.775. The van der Waals surface area contributed by atoms with Crippen molar-refractivity contribution < 1.29 is 0 Å². The lowest BCUT2D eigenvalue weighted by Crippen LogP contribution is -2.19. The predicted octanol–water partition coefficient (Wildman–Crippen LogP) is 2.64. The van der Waals surface area contributed by atoms with Crippen molar-refractivity contribution in [2.45, 2.75) is 13.0 Å². The highest BCUT2D eigenvalue weighted by atomic mass is 14.9. The first-order valence-electron chi connectivity index (χ1n) is 6.59. The topological polar surface area (TPSA) is 50.7 Å². The second kappa shape index (κ2) is 5.35. The maximum Gasteiger partial charge on any atom is 0.125 e. The molecule has 1 atom stereocenters. The molecule has 2 aromatic heterocycles. The van der Waals surface area contributed by atoms with Crippen LogP contribution in [-0.4, -0.2) is 22.0 Å². The molecule has 0 amide bonds. The molecule has 1 aromatic carbocycles. The quantitative estimate of drug-likeness (QED) is 0.790. The van der Waals surface area contributed by atoms with E-state index in [1.165, 1.54) is 0 Å². The van der Waals surface area contributed by atoms with Crippen molar-refractivity contribution in [1.29, 1.82) is 0 Å². The van der Waals surface area contributed by atoms with Crippen LogP contribution in [-0.2, 0) is 0 Å². The van der Waals surface area contributed by atoms with Crippen LogP contribution in [0.15, 0.2) is 48.8 Å². The highest BCUT2D eigenvalue weighted by molar-refractivity contribution is 5.78. The molecule has 0 aliphatic carbocycles. The molecule has 0 bridgehead atoms. The lowest BCUT2D eigenvalue weighted by Gasteiger charge is -2.16. The lowest BCUT2D eigenvalue weighted by molar-refractivity contribution is 0.663. The van der Waals surface area contributed by atoms with E-state index < -0.39 is 0 Å². The van der Waals surface area contributed by atoms with Crippen LogP contribution >= 0.6 is 0 Å². The van der Waals surface area contributed by atoms with E-state index in [2.05, 4.69) is 32.4 Å². The Hall–Kier alpha value is -2.33. The summed E-state index contributed by atoms with van der Waals surface area (Å²) in [6.45, 7) is 1.90. The predicted molar refractivity (Wildman–Crippen MR) is 79.4 cm³/mol. The fourth-order valence-electron chi connectivity index (χ4n) is 2.37. The van der Waals surface area contributed by atoms with Gasteiger partial charge in [-0.2, -0.15) is 0 Å². The average Bonchev–Trinajstić information content (AvgIpc) is 2.48. The van der Waals surface area contributed by atoms with Crippen molar-refractivity contribution in [2.75, 3.05) is 7.05 Å². The molecule has 100 valence electrons. The van der Waals surface area contributed by atoms with E-state index in [-0.39, 0.29) is 6.04 Å². The third kappa shape index (κ3) is 2.38. The fraction of sp³-hybridized carbons (Fsp3) is 0.188. The Balaban J connectivity index is 2.07. The number of benzene rings is 1. The van der Waals surface area contributed by atoms with Gasteiger partial charge in [-0.3, -0.25) is 4.98 Å². The molecule has 0 radical (unpaired) electrons. The number of aryl methyl sites for hydroxylation is 1. The highest BCUT2D eigenvalue weighted by Crippen LogP contribution is 2.22. The summed E-state index contributed by atoms with van der Waals surface area (Å²) in [5, 5.41) is 4.43. The molecule has 4 nitrogen and oxygen atoms in total. The van der Waals surface area contributed by atoms with Crippen LogP contribution in [0.25, 0.3) is 10.9 Å². The van der Waals surface area contributed by atoms with E-state index in [1.54, 1.807) is 6.20 Å². The van der Waals surface area contributed by atoms with Crippen molar-refractivity contribution >= 4 is 10.9 Å². The van der Waals surface area contributed by atoms with Gasteiger partial charge in [-0.15, -0.1) is 0 Å². The molecular weight excluding hydrogens is 248 g/mol. The van der Waals surface area contributed by atoms with E-state index in [0.29, 0.717) is 0 Å². The zero-order valence-corrected chi connectivity index (χ0v) is 11.5. The summed E-state index contributed by atoms with van der Waals surface area (Å²) in [6, 6.07) is 12.2. The average molecular weight is 264 g/mol. The van der Waals surface area contributed by atoms with Gasteiger partial charge in [0.2, 0.25) is 0 Å². The Morgan fingerprint density at radius 1 is 1.10 bits per heavy atom. The largest absolute Gasteiger partial charge is 0.308 e. The number of fused-ring (bicyclic) bond motifs is 1. The zero-order chi connectivity index (χ0) is 13.9. The van der Waals surface area contributed by atoms with Crippen molar-refractivity contribution in [3.63, 3.8) is 0 Å². The fourth-order valence-corrected chi connectivity index (χ4v) is 2.37. The van der Waals surface area contributed by atoms with Gasteiger partial charge in [0, 0.05) is 17.8 Å². The normalized spacial score (nSPS) is 12.5. The van der Waals surface area contributed by atoms with Gasteiger partial charge in [-0.25, -0.2) is 9.97 Å². The molecule has 20 heavy (non-hydrogen) atoms. The van der Waals surface area contributed by atoms with Gasteiger partial charge in [-0.05, 0) is 37.7 Å². The minimum atomic E-state index is 0.0220. The zero-order valence-electron chi connectivity index (χ0n) is 11.5. The smallest absolute Gasteiger partial charge is 0.125 e.